The van der Waals surface area contributed by atoms with E-state index in [4.69, 9.17) is 4.74 Å². The molecule has 2 rings (SSSR count). The fourth-order valence-corrected chi connectivity index (χ4v) is 4.68. The van der Waals surface area contributed by atoms with Gasteiger partial charge in [-0.05, 0) is 50.5 Å². The molecular weight excluding hydrogens is 276 g/mol. The highest BCUT2D eigenvalue weighted by atomic mass is 32.2. The Morgan fingerprint density at radius 1 is 1.35 bits per heavy atom. The lowest BCUT2D eigenvalue weighted by molar-refractivity contribution is -0.00107. The standard InChI is InChI=1S/C14H28N2O3S/c1-15-12-14(5-8-19-9-6-14)10-13-4-3-7-16(11-13)20(2,17)18/h13,15H,3-12H2,1-2H3. The van der Waals surface area contributed by atoms with Gasteiger partial charge in [-0.1, -0.05) is 0 Å². The van der Waals surface area contributed by atoms with E-state index in [1.165, 1.54) is 6.26 Å². The zero-order valence-corrected chi connectivity index (χ0v) is 13.5. The number of hydrogen-bond acceptors (Lipinski definition) is 4. The van der Waals surface area contributed by atoms with Crippen LogP contribution in [0.15, 0.2) is 0 Å². The molecule has 0 spiro atoms. The molecule has 0 aromatic carbocycles. The minimum absolute atomic E-state index is 0.290. The van der Waals surface area contributed by atoms with Gasteiger partial charge in [0.15, 0.2) is 0 Å². The SMILES string of the molecule is CNCC1(CC2CCCN(S(C)(=O)=O)C2)CCOCC1. The van der Waals surface area contributed by atoms with Crippen molar-refractivity contribution < 1.29 is 13.2 Å². The molecule has 0 bridgehead atoms. The first kappa shape index (κ1) is 16.2. The Morgan fingerprint density at radius 2 is 2.05 bits per heavy atom. The summed E-state index contributed by atoms with van der Waals surface area (Å²) in [6, 6.07) is 0. The van der Waals surface area contributed by atoms with Crippen molar-refractivity contribution in [2.24, 2.45) is 11.3 Å². The Balaban J connectivity index is 1.99. The molecule has 0 aromatic rings. The highest BCUT2D eigenvalue weighted by Crippen LogP contribution is 2.39. The van der Waals surface area contributed by atoms with Crippen molar-refractivity contribution in [3.63, 3.8) is 0 Å². The summed E-state index contributed by atoms with van der Waals surface area (Å²) in [6.07, 6.45) is 6.76. The van der Waals surface area contributed by atoms with Crippen LogP contribution in [0.2, 0.25) is 0 Å². The maximum absolute atomic E-state index is 11.7. The molecule has 20 heavy (non-hydrogen) atoms. The smallest absolute Gasteiger partial charge is 0.211 e. The molecule has 118 valence electrons. The maximum atomic E-state index is 11.7. The highest BCUT2D eigenvalue weighted by molar-refractivity contribution is 7.88. The second kappa shape index (κ2) is 6.73. The molecule has 1 N–H and O–H groups in total. The van der Waals surface area contributed by atoms with Crippen LogP contribution in [-0.2, 0) is 14.8 Å². The van der Waals surface area contributed by atoms with Gasteiger partial charge in [0.1, 0.15) is 0 Å². The Hall–Kier alpha value is -0.170. The van der Waals surface area contributed by atoms with Crippen LogP contribution in [-0.4, -0.2) is 58.9 Å². The second-order valence-electron chi connectivity index (χ2n) is 6.48. The molecule has 1 atom stereocenters. The Kier molecular flexibility index (Phi) is 5.45. The maximum Gasteiger partial charge on any atom is 0.211 e. The van der Waals surface area contributed by atoms with E-state index in [1.807, 2.05) is 7.05 Å². The molecule has 6 heteroatoms. The average molecular weight is 304 g/mol. The molecule has 2 aliphatic rings. The number of rotatable bonds is 5. The van der Waals surface area contributed by atoms with Crippen molar-refractivity contribution in [2.45, 2.75) is 32.1 Å². The van der Waals surface area contributed by atoms with Crippen LogP contribution in [0.1, 0.15) is 32.1 Å². The largest absolute Gasteiger partial charge is 0.381 e. The van der Waals surface area contributed by atoms with Gasteiger partial charge < -0.3 is 10.1 Å². The van der Waals surface area contributed by atoms with Gasteiger partial charge in [0.2, 0.25) is 10.0 Å². The molecule has 0 aliphatic carbocycles. The average Bonchev–Trinajstić information content (AvgIpc) is 2.39. The fourth-order valence-electron chi connectivity index (χ4n) is 3.74. The van der Waals surface area contributed by atoms with Crippen LogP contribution in [0.5, 0.6) is 0 Å². The number of ether oxygens (including phenoxy) is 1. The molecule has 0 amide bonds. The van der Waals surface area contributed by atoms with Crippen LogP contribution >= 0.6 is 0 Å². The quantitative estimate of drug-likeness (QED) is 0.825. The van der Waals surface area contributed by atoms with E-state index in [0.717, 1.165) is 51.9 Å². The zero-order valence-electron chi connectivity index (χ0n) is 12.7. The van der Waals surface area contributed by atoms with Crippen LogP contribution in [0.25, 0.3) is 0 Å². The molecule has 5 nitrogen and oxygen atoms in total. The Labute approximate surface area is 123 Å². The minimum Gasteiger partial charge on any atom is -0.381 e. The van der Waals surface area contributed by atoms with Gasteiger partial charge in [0.25, 0.3) is 0 Å². The minimum atomic E-state index is -3.04. The summed E-state index contributed by atoms with van der Waals surface area (Å²) in [5, 5.41) is 3.32. The first-order valence-electron chi connectivity index (χ1n) is 7.63. The molecule has 0 radical (unpaired) electrons. The lowest BCUT2D eigenvalue weighted by Crippen LogP contribution is -2.44. The van der Waals surface area contributed by atoms with E-state index in [1.54, 1.807) is 4.31 Å². The summed E-state index contributed by atoms with van der Waals surface area (Å²) in [4.78, 5) is 0. The van der Waals surface area contributed by atoms with Gasteiger partial charge >= 0.3 is 0 Å². The summed E-state index contributed by atoms with van der Waals surface area (Å²) in [7, 11) is -1.04. The van der Waals surface area contributed by atoms with E-state index in [-0.39, 0.29) is 5.41 Å². The predicted octanol–water partition coefficient (Wildman–Crippen LogP) is 1.06. The van der Waals surface area contributed by atoms with Crippen LogP contribution < -0.4 is 5.32 Å². The zero-order chi connectivity index (χ0) is 14.6. The molecular formula is C14H28N2O3S. The third-order valence-electron chi connectivity index (χ3n) is 4.78. The van der Waals surface area contributed by atoms with E-state index < -0.39 is 10.0 Å². The molecule has 2 aliphatic heterocycles. The fraction of sp³-hybridized carbons (Fsp3) is 1.00. The summed E-state index contributed by atoms with van der Waals surface area (Å²) in [5.74, 6) is 0.491. The normalized spacial score (nSPS) is 28.4. The predicted molar refractivity (Wildman–Crippen MR) is 80.2 cm³/mol. The Morgan fingerprint density at radius 3 is 2.65 bits per heavy atom. The lowest BCUT2D eigenvalue weighted by Gasteiger charge is -2.42. The Bertz CT molecular complexity index is 399. The number of sulfonamides is 1. The second-order valence-corrected chi connectivity index (χ2v) is 8.46. The van der Waals surface area contributed by atoms with Crippen molar-refractivity contribution >= 4 is 10.0 Å². The number of hydrogen-bond donors (Lipinski definition) is 1. The van der Waals surface area contributed by atoms with Gasteiger partial charge in [-0.15, -0.1) is 0 Å². The van der Waals surface area contributed by atoms with Gasteiger partial charge in [0.05, 0.1) is 6.26 Å². The van der Waals surface area contributed by atoms with Gasteiger partial charge in [-0.25, -0.2) is 12.7 Å². The van der Waals surface area contributed by atoms with Gasteiger partial charge in [-0.3, -0.25) is 0 Å². The molecule has 0 aromatic heterocycles. The van der Waals surface area contributed by atoms with E-state index in [9.17, 15) is 8.42 Å². The molecule has 2 fully saturated rings. The summed E-state index contributed by atoms with van der Waals surface area (Å²) in [5.41, 5.74) is 0.290. The van der Waals surface area contributed by atoms with Crippen LogP contribution in [0.3, 0.4) is 0 Å². The number of piperidine rings is 1. The molecule has 2 saturated heterocycles. The van der Waals surface area contributed by atoms with Crippen molar-refractivity contribution in [1.29, 1.82) is 0 Å². The topological polar surface area (TPSA) is 58.6 Å². The van der Waals surface area contributed by atoms with Crippen molar-refractivity contribution in [1.82, 2.24) is 9.62 Å². The summed E-state index contributed by atoms with van der Waals surface area (Å²) in [6.45, 7) is 4.07. The third kappa shape index (κ3) is 4.16. The van der Waals surface area contributed by atoms with Crippen molar-refractivity contribution in [2.75, 3.05) is 46.2 Å². The van der Waals surface area contributed by atoms with Crippen LogP contribution in [0, 0.1) is 11.3 Å². The molecule has 2 heterocycles. The third-order valence-corrected chi connectivity index (χ3v) is 6.05. The number of nitrogens with one attached hydrogen (secondary N) is 1. The summed E-state index contributed by atoms with van der Waals surface area (Å²) < 4.78 is 30.6. The monoisotopic (exact) mass is 304 g/mol. The number of nitrogens with zero attached hydrogens (tertiary/aromatic N) is 1. The van der Waals surface area contributed by atoms with Crippen molar-refractivity contribution in [3.8, 4) is 0 Å². The van der Waals surface area contributed by atoms with E-state index >= 15 is 0 Å². The highest BCUT2D eigenvalue weighted by Gasteiger charge is 2.36. The van der Waals surface area contributed by atoms with E-state index in [2.05, 4.69) is 5.32 Å². The van der Waals surface area contributed by atoms with E-state index in [0.29, 0.717) is 19.0 Å². The first-order chi connectivity index (χ1) is 9.45. The lowest BCUT2D eigenvalue weighted by atomic mass is 9.72. The molecule has 0 saturated carbocycles. The first-order valence-corrected chi connectivity index (χ1v) is 9.47. The molecule has 1 unspecified atom stereocenters. The van der Waals surface area contributed by atoms with Crippen molar-refractivity contribution in [3.05, 3.63) is 0 Å². The van der Waals surface area contributed by atoms with Gasteiger partial charge in [0, 0.05) is 32.8 Å². The van der Waals surface area contributed by atoms with Crippen LogP contribution in [0.4, 0.5) is 0 Å². The summed E-state index contributed by atoms with van der Waals surface area (Å²) >= 11 is 0. The van der Waals surface area contributed by atoms with Gasteiger partial charge in [-0.2, -0.15) is 0 Å².